The number of carbonyl (C=O) groups is 1. The Bertz CT molecular complexity index is 435. The number of alkyl halides is 2. The molecule has 0 heterocycles. The van der Waals surface area contributed by atoms with Crippen molar-refractivity contribution in [3.63, 3.8) is 0 Å². The third-order valence-electron chi connectivity index (χ3n) is 1.86. The van der Waals surface area contributed by atoms with Gasteiger partial charge in [0.15, 0.2) is 11.7 Å². The Hall–Kier alpha value is -1.44. The first-order valence-electron chi connectivity index (χ1n) is 3.67. The van der Waals surface area contributed by atoms with Crippen LogP contribution in [0.1, 0.15) is 0 Å². The number of allylic oxidation sites excluding steroid dienone is 2. The van der Waals surface area contributed by atoms with E-state index in [4.69, 9.17) is 11.6 Å². The highest BCUT2D eigenvalue weighted by Gasteiger charge is 2.57. The van der Waals surface area contributed by atoms with Crippen LogP contribution in [0.25, 0.3) is 0 Å². The van der Waals surface area contributed by atoms with Crippen LogP contribution < -0.4 is 0 Å². The van der Waals surface area contributed by atoms with Gasteiger partial charge in [-0.25, -0.2) is 13.2 Å². The summed E-state index contributed by atoms with van der Waals surface area (Å²) in [6.07, 6.45) is -3.74. The van der Waals surface area contributed by atoms with E-state index >= 15 is 0 Å². The van der Waals surface area contributed by atoms with Crippen LogP contribution in [0.4, 0.5) is 17.6 Å². The van der Waals surface area contributed by atoms with Crippen molar-refractivity contribution in [3.05, 3.63) is 33.4 Å². The fourth-order valence-electron chi connectivity index (χ4n) is 1.04. The lowest BCUT2D eigenvalue weighted by atomic mass is 9.98. The van der Waals surface area contributed by atoms with Crippen molar-refractivity contribution in [2.45, 2.75) is 12.0 Å². The van der Waals surface area contributed by atoms with Crippen LogP contribution in [-0.2, 0) is 4.79 Å². The van der Waals surface area contributed by atoms with Gasteiger partial charge >= 0.3 is 5.79 Å². The van der Waals surface area contributed by atoms with E-state index in [1.807, 2.05) is 0 Å². The molecule has 0 saturated carbocycles. The fourth-order valence-corrected chi connectivity index (χ4v) is 1.18. The average molecular weight is 260 g/mol. The normalized spacial score (nSPS) is 30.1. The van der Waals surface area contributed by atoms with E-state index in [1.165, 1.54) is 0 Å². The molecule has 4 nitrogen and oxygen atoms in total. The summed E-state index contributed by atoms with van der Waals surface area (Å²) in [7, 11) is 0. The summed E-state index contributed by atoms with van der Waals surface area (Å²) in [6.45, 7) is 0. The molecule has 0 amide bonds. The Morgan fingerprint density at radius 3 is 2.44 bits per heavy atom. The van der Waals surface area contributed by atoms with Crippen molar-refractivity contribution in [1.29, 1.82) is 0 Å². The molecule has 0 fully saturated rings. The first-order valence-corrected chi connectivity index (χ1v) is 4.05. The zero-order chi connectivity index (χ0) is 12.7. The Morgan fingerprint density at radius 1 is 1.56 bits per heavy atom. The molecule has 2 atom stereocenters. The summed E-state index contributed by atoms with van der Waals surface area (Å²) in [6, 6.07) is 0. The molecule has 0 aromatic rings. The van der Waals surface area contributed by atoms with Gasteiger partial charge in [-0.1, -0.05) is 0 Å². The molecule has 0 aliphatic heterocycles. The second-order valence-electron chi connectivity index (χ2n) is 2.84. The predicted octanol–water partition coefficient (Wildman–Crippen LogP) is 2.12. The SMILES string of the molecule is O=C(Cl)C1=CC(F)([N+](=O)[O-])C(F)C(F)=C1F. The summed E-state index contributed by atoms with van der Waals surface area (Å²) in [5, 5.41) is 8.52. The number of halogens is 5. The quantitative estimate of drug-likeness (QED) is 0.251. The lowest BCUT2D eigenvalue weighted by molar-refractivity contribution is -0.598. The van der Waals surface area contributed by atoms with E-state index in [2.05, 4.69) is 0 Å². The van der Waals surface area contributed by atoms with Gasteiger partial charge in [-0.15, -0.1) is 0 Å². The predicted molar refractivity (Wildman–Crippen MR) is 43.9 cm³/mol. The van der Waals surface area contributed by atoms with Crippen molar-refractivity contribution in [3.8, 4) is 0 Å². The third-order valence-corrected chi connectivity index (χ3v) is 2.07. The first kappa shape index (κ1) is 12.6. The van der Waals surface area contributed by atoms with E-state index in [1.54, 1.807) is 0 Å². The van der Waals surface area contributed by atoms with Gasteiger partial charge in [-0.05, 0) is 11.6 Å². The summed E-state index contributed by atoms with van der Waals surface area (Å²) in [4.78, 5) is 18.9. The average Bonchev–Trinajstić information content (AvgIpc) is 2.19. The monoisotopic (exact) mass is 259 g/mol. The van der Waals surface area contributed by atoms with E-state index in [-0.39, 0.29) is 6.08 Å². The molecule has 2 unspecified atom stereocenters. The van der Waals surface area contributed by atoms with Crippen molar-refractivity contribution < 1.29 is 27.3 Å². The Kier molecular flexibility index (Phi) is 3.04. The molecule has 1 aliphatic rings. The van der Waals surface area contributed by atoms with Crippen LogP contribution in [0, 0.1) is 10.1 Å². The van der Waals surface area contributed by atoms with Crippen LogP contribution in [0.15, 0.2) is 23.3 Å². The van der Waals surface area contributed by atoms with Crippen LogP contribution >= 0.6 is 11.6 Å². The highest BCUT2D eigenvalue weighted by atomic mass is 35.5. The number of carbonyl (C=O) groups excluding carboxylic acids is 1. The number of nitrogens with zero attached hydrogens (tertiary/aromatic N) is 1. The lowest BCUT2D eigenvalue weighted by Gasteiger charge is -2.21. The molecule has 0 bridgehead atoms. The molecule has 0 spiro atoms. The van der Waals surface area contributed by atoms with Gasteiger partial charge in [0.05, 0.1) is 10.5 Å². The van der Waals surface area contributed by atoms with Crippen molar-refractivity contribution in [1.82, 2.24) is 0 Å². The van der Waals surface area contributed by atoms with Crippen molar-refractivity contribution in [2.75, 3.05) is 0 Å². The molecule has 0 radical (unpaired) electrons. The highest BCUT2D eigenvalue weighted by molar-refractivity contribution is 6.68. The minimum atomic E-state index is -4.04. The molecule has 0 aromatic heterocycles. The van der Waals surface area contributed by atoms with Gasteiger partial charge < -0.3 is 0 Å². The molecule has 9 heteroatoms. The van der Waals surface area contributed by atoms with Gasteiger partial charge in [-0.2, -0.15) is 4.39 Å². The van der Waals surface area contributed by atoms with Crippen molar-refractivity contribution in [2.24, 2.45) is 0 Å². The summed E-state index contributed by atoms with van der Waals surface area (Å²) < 4.78 is 51.8. The Balaban J connectivity index is 3.41. The lowest BCUT2D eigenvalue weighted by Crippen LogP contribution is -2.44. The molecule has 0 aromatic carbocycles. The number of nitro groups is 1. The highest BCUT2D eigenvalue weighted by Crippen LogP contribution is 2.39. The summed E-state index contributed by atoms with van der Waals surface area (Å²) in [5.74, 6) is -8.45. The summed E-state index contributed by atoms with van der Waals surface area (Å²) in [5.41, 5.74) is -1.41. The minimum Gasteiger partial charge on any atom is -0.275 e. The Labute approximate surface area is 90.3 Å². The van der Waals surface area contributed by atoms with Gasteiger partial charge in [0.25, 0.3) is 11.4 Å². The second-order valence-corrected chi connectivity index (χ2v) is 3.18. The molecule has 1 rings (SSSR count). The van der Waals surface area contributed by atoms with E-state index in [9.17, 15) is 32.5 Å². The molecular formula is C7H2ClF4NO3. The van der Waals surface area contributed by atoms with Gasteiger partial charge in [0.1, 0.15) is 0 Å². The second kappa shape index (κ2) is 3.85. The molecule has 88 valence electrons. The number of hydrogen-bond donors (Lipinski definition) is 0. The maximum atomic E-state index is 13.3. The maximum Gasteiger partial charge on any atom is 0.416 e. The third kappa shape index (κ3) is 1.69. The van der Waals surface area contributed by atoms with Crippen LogP contribution in [0.3, 0.4) is 0 Å². The van der Waals surface area contributed by atoms with Crippen LogP contribution in [0.5, 0.6) is 0 Å². The minimum absolute atomic E-state index is 0.286. The van der Waals surface area contributed by atoms with Crippen LogP contribution in [-0.4, -0.2) is 22.1 Å². The van der Waals surface area contributed by atoms with Crippen LogP contribution in [0.2, 0.25) is 0 Å². The smallest absolute Gasteiger partial charge is 0.275 e. The number of hydrogen-bond acceptors (Lipinski definition) is 3. The standard InChI is InChI=1S/C7H2ClF4NO3/c8-6(14)2-1-7(12,13(15)16)5(11)4(10)3(2)9/h1,5H. The van der Waals surface area contributed by atoms with Gasteiger partial charge in [0, 0.05) is 6.08 Å². The molecule has 0 N–H and O–H groups in total. The van der Waals surface area contributed by atoms with E-state index < -0.39 is 39.4 Å². The molecular weight excluding hydrogens is 258 g/mol. The molecule has 0 saturated heterocycles. The number of rotatable bonds is 2. The zero-order valence-electron chi connectivity index (χ0n) is 7.22. The largest absolute Gasteiger partial charge is 0.416 e. The van der Waals surface area contributed by atoms with E-state index in [0.29, 0.717) is 0 Å². The van der Waals surface area contributed by atoms with Gasteiger partial charge in [0.2, 0.25) is 0 Å². The first-order chi connectivity index (χ1) is 7.21. The van der Waals surface area contributed by atoms with Crippen molar-refractivity contribution >= 4 is 16.8 Å². The molecule has 16 heavy (non-hydrogen) atoms. The maximum absolute atomic E-state index is 13.3. The van der Waals surface area contributed by atoms with E-state index in [0.717, 1.165) is 0 Å². The summed E-state index contributed by atoms with van der Waals surface area (Å²) >= 11 is 4.74. The Morgan fingerprint density at radius 2 is 2.06 bits per heavy atom. The molecule has 1 aliphatic carbocycles. The fraction of sp³-hybridized carbons (Fsp3) is 0.286. The zero-order valence-corrected chi connectivity index (χ0v) is 7.97. The topological polar surface area (TPSA) is 60.2 Å². The van der Waals surface area contributed by atoms with Gasteiger partial charge in [-0.3, -0.25) is 14.9 Å².